The van der Waals surface area contributed by atoms with Gasteiger partial charge in [-0.25, -0.2) is 4.79 Å². The summed E-state index contributed by atoms with van der Waals surface area (Å²) in [5, 5.41) is 32.1. The zero-order valence-electron chi connectivity index (χ0n) is 12.1. The molecule has 1 heterocycles. The van der Waals surface area contributed by atoms with Crippen molar-refractivity contribution in [1.29, 1.82) is 0 Å². The number of fused-ring (bicyclic) bond motifs is 3. The van der Waals surface area contributed by atoms with E-state index < -0.39 is 35.1 Å². The Kier molecular flexibility index (Phi) is 2.70. The molecule has 0 aromatic heterocycles. The molecule has 0 bridgehead atoms. The number of carbonyl (C=O) groups excluding carboxylic acids is 1. The quantitative estimate of drug-likeness (QED) is 0.441. The lowest BCUT2D eigenvalue weighted by Crippen LogP contribution is -2.69. The molecular weight excluding hydrogens is 260 g/mol. The number of esters is 1. The van der Waals surface area contributed by atoms with Crippen molar-refractivity contribution in [2.45, 2.75) is 51.4 Å². The monoisotopic (exact) mass is 282 g/mol. The highest BCUT2D eigenvalue weighted by Crippen LogP contribution is 2.62. The highest BCUT2D eigenvalue weighted by molar-refractivity contribution is 5.88. The van der Waals surface area contributed by atoms with Gasteiger partial charge in [0.05, 0.1) is 12.2 Å². The molecular formula is C15H22O5. The van der Waals surface area contributed by atoms with E-state index in [9.17, 15) is 20.1 Å². The Morgan fingerprint density at radius 3 is 2.60 bits per heavy atom. The van der Waals surface area contributed by atoms with Crippen LogP contribution in [0.3, 0.4) is 0 Å². The normalized spacial score (nSPS) is 50.0. The Bertz CT molecular complexity index is 496. The van der Waals surface area contributed by atoms with Crippen molar-refractivity contribution in [3.8, 4) is 0 Å². The molecule has 0 amide bonds. The van der Waals surface area contributed by atoms with Crippen molar-refractivity contribution in [2.24, 2.45) is 16.7 Å². The maximum absolute atomic E-state index is 12.1. The number of cyclic esters (lactones) is 1. The first kappa shape index (κ1) is 14.0. The minimum absolute atomic E-state index is 0.0121. The summed E-state index contributed by atoms with van der Waals surface area (Å²) in [6.07, 6.45) is 1.12. The third-order valence-corrected chi connectivity index (χ3v) is 5.85. The van der Waals surface area contributed by atoms with Gasteiger partial charge in [0.1, 0.15) is 6.61 Å². The van der Waals surface area contributed by atoms with E-state index in [4.69, 9.17) is 4.74 Å². The third kappa shape index (κ3) is 1.36. The molecule has 1 saturated carbocycles. The first-order valence-electron chi connectivity index (χ1n) is 7.12. The van der Waals surface area contributed by atoms with Crippen molar-refractivity contribution >= 4 is 5.97 Å². The van der Waals surface area contributed by atoms with E-state index in [1.807, 2.05) is 13.8 Å². The minimum Gasteiger partial charge on any atom is -0.459 e. The summed E-state index contributed by atoms with van der Waals surface area (Å²) in [5.74, 6) is -1.11. The molecule has 0 radical (unpaired) electrons. The van der Waals surface area contributed by atoms with Crippen molar-refractivity contribution < 1.29 is 24.9 Å². The van der Waals surface area contributed by atoms with Gasteiger partial charge in [0.2, 0.25) is 0 Å². The van der Waals surface area contributed by atoms with Crippen LogP contribution < -0.4 is 0 Å². The molecule has 0 spiro atoms. The lowest BCUT2D eigenvalue weighted by Gasteiger charge is -2.60. The van der Waals surface area contributed by atoms with Crippen LogP contribution in [0.1, 0.15) is 33.6 Å². The lowest BCUT2D eigenvalue weighted by atomic mass is 9.45. The summed E-state index contributed by atoms with van der Waals surface area (Å²) >= 11 is 0. The van der Waals surface area contributed by atoms with Crippen LogP contribution in [-0.4, -0.2) is 45.7 Å². The van der Waals surface area contributed by atoms with Gasteiger partial charge in [-0.2, -0.15) is 0 Å². The molecule has 2 fully saturated rings. The van der Waals surface area contributed by atoms with Crippen molar-refractivity contribution in [1.82, 2.24) is 0 Å². The predicted octanol–water partition coefficient (Wildman–Crippen LogP) is 0.379. The predicted molar refractivity (Wildman–Crippen MR) is 70.6 cm³/mol. The molecule has 5 heteroatoms. The number of carbonyl (C=O) groups is 1. The number of hydrogen-bond acceptors (Lipinski definition) is 5. The van der Waals surface area contributed by atoms with Crippen LogP contribution in [-0.2, 0) is 9.53 Å². The highest BCUT2D eigenvalue weighted by Gasteiger charge is 2.71. The molecule has 0 aromatic rings. The minimum atomic E-state index is -1.83. The summed E-state index contributed by atoms with van der Waals surface area (Å²) in [6, 6.07) is 0. The molecule has 3 rings (SSSR count). The van der Waals surface area contributed by atoms with Crippen LogP contribution in [0.2, 0.25) is 0 Å². The second-order valence-electron chi connectivity index (χ2n) is 7.27. The second kappa shape index (κ2) is 3.84. The fraction of sp³-hybridized carbons (Fsp3) is 0.800. The largest absolute Gasteiger partial charge is 0.459 e. The molecule has 5 nitrogen and oxygen atoms in total. The van der Waals surface area contributed by atoms with Crippen LogP contribution in [0.4, 0.5) is 0 Å². The molecule has 2 aliphatic carbocycles. The van der Waals surface area contributed by atoms with Gasteiger partial charge in [0.15, 0.2) is 5.60 Å². The van der Waals surface area contributed by atoms with E-state index in [-0.39, 0.29) is 12.0 Å². The van der Waals surface area contributed by atoms with Gasteiger partial charge in [-0.15, -0.1) is 0 Å². The fourth-order valence-electron chi connectivity index (χ4n) is 4.79. The molecule has 3 aliphatic rings. The molecule has 1 saturated heterocycles. The molecule has 0 unspecified atom stereocenters. The van der Waals surface area contributed by atoms with E-state index in [1.165, 1.54) is 6.08 Å². The van der Waals surface area contributed by atoms with Gasteiger partial charge in [0, 0.05) is 16.9 Å². The van der Waals surface area contributed by atoms with Crippen LogP contribution in [0, 0.1) is 16.7 Å². The van der Waals surface area contributed by atoms with E-state index in [0.717, 1.165) is 6.42 Å². The number of ether oxygens (including phenoxy) is 1. The molecule has 3 N–H and O–H groups in total. The summed E-state index contributed by atoms with van der Waals surface area (Å²) in [7, 11) is 0. The van der Waals surface area contributed by atoms with Gasteiger partial charge < -0.3 is 20.1 Å². The van der Waals surface area contributed by atoms with Crippen LogP contribution in [0.25, 0.3) is 0 Å². The Hall–Kier alpha value is -0.910. The lowest BCUT2D eigenvalue weighted by molar-refractivity contribution is -0.220. The summed E-state index contributed by atoms with van der Waals surface area (Å²) < 4.78 is 5.00. The molecule has 5 atom stereocenters. The molecule has 20 heavy (non-hydrogen) atoms. The maximum atomic E-state index is 12.1. The van der Waals surface area contributed by atoms with E-state index in [2.05, 4.69) is 0 Å². The maximum Gasteiger partial charge on any atom is 0.343 e. The molecule has 112 valence electrons. The standard InChI is InChI=1S/C15H22O5/c1-13(2)5-4-10(17)14(3)11(13)9(16)6-8-7-20-12(18)15(8,14)19/h6,9-11,16-17,19H,4-5,7H2,1-3H3/t9-,10-,11+,14+,15+/m1/s1. The van der Waals surface area contributed by atoms with Gasteiger partial charge in [-0.3, -0.25) is 0 Å². The number of hydrogen-bond donors (Lipinski definition) is 3. The average Bonchev–Trinajstić information content (AvgIpc) is 2.63. The first-order valence-corrected chi connectivity index (χ1v) is 7.12. The Labute approximate surface area is 118 Å². The van der Waals surface area contributed by atoms with Crippen molar-refractivity contribution in [3.63, 3.8) is 0 Å². The van der Waals surface area contributed by atoms with E-state index in [0.29, 0.717) is 12.0 Å². The Balaban J connectivity index is 2.25. The SMILES string of the molecule is CC1(C)CC[C@@H](O)[C@@]2(C)[C@H]1[C@H](O)C=C1COC(=O)[C@@]12O. The number of aliphatic hydroxyl groups is 3. The van der Waals surface area contributed by atoms with Gasteiger partial charge in [-0.05, 0) is 24.3 Å². The first-order chi connectivity index (χ1) is 9.15. The van der Waals surface area contributed by atoms with Gasteiger partial charge >= 0.3 is 5.97 Å². The van der Waals surface area contributed by atoms with Crippen molar-refractivity contribution in [2.75, 3.05) is 6.61 Å². The highest BCUT2D eigenvalue weighted by atomic mass is 16.6. The van der Waals surface area contributed by atoms with Crippen LogP contribution >= 0.6 is 0 Å². The van der Waals surface area contributed by atoms with Crippen LogP contribution in [0.5, 0.6) is 0 Å². The third-order valence-electron chi connectivity index (χ3n) is 5.85. The molecule has 1 aliphatic heterocycles. The zero-order chi connectivity index (χ0) is 14.9. The van der Waals surface area contributed by atoms with E-state index in [1.54, 1.807) is 6.92 Å². The second-order valence-corrected chi connectivity index (χ2v) is 7.27. The smallest absolute Gasteiger partial charge is 0.343 e. The van der Waals surface area contributed by atoms with Crippen LogP contribution in [0.15, 0.2) is 11.6 Å². The Morgan fingerprint density at radius 1 is 1.30 bits per heavy atom. The summed E-state index contributed by atoms with van der Waals surface area (Å²) in [5.41, 5.74) is -2.86. The Morgan fingerprint density at radius 2 is 1.95 bits per heavy atom. The van der Waals surface area contributed by atoms with Crippen molar-refractivity contribution in [3.05, 3.63) is 11.6 Å². The summed E-state index contributed by atoms with van der Waals surface area (Å²) in [4.78, 5) is 12.1. The number of rotatable bonds is 0. The summed E-state index contributed by atoms with van der Waals surface area (Å²) in [6.45, 7) is 5.70. The molecule has 0 aromatic carbocycles. The van der Waals surface area contributed by atoms with E-state index >= 15 is 0 Å². The van der Waals surface area contributed by atoms with Gasteiger partial charge in [0.25, 0.3) is 0 Å². The fourth-order valence-corrected chi connectivity index (χ4v) is 4.79. The zero-order valence-corrected chi connectivity index (χ0v) is 12.1. The topological polar surface area (TPSA) is 87.0 Å². The number of aliphatic hydroxyl groups excluding tert-OH is 2. The average molecular weight is 282 g/mol. The van der Waals surface area contributed by atoms with Gasteiger partial charge in [-0.1, -0.05) is 20.8 Å².